The molecule has 0 aromatic carbocycles. The van der Waals surface area contributed by atoms with Crippen molar-refractivity contribution < 1.29 is 0 Å². The van der Waals surface area contributed by atoms with Crippen molar-refractivity contribution in [2.75, 3.05) is 0 Å². The first-order chi connectivity index (χ1) is 1.91. The van der Waals surface area contributed by atoms with Crippen LogP contribution in [-0.4, -0.2) is 11.0 Å². The van der Waals surface area contributed by atoms with Crippen molar-refractivity contribution in [2.24, 2.45) is 0 Å². The predicted molar refractivity (Wildman–Crippen MR) is 29.4 cm³/mol. The molecular formula is C4H9Si. The second-order valence-electron chi connectivity index (χ2n) is 0.493. The fourth-order valence-electron chi connectivity index (χ4n) is 0. The molecule has 0 amide bonds. The number of allylic oxidation sites excluding steroid dienone is 1. The van der Waals surface area contributed by atoms with E-state index in [-0.39, 0.29) is 11.0 Å². The van der Waals surface area contributed by atoms with Crippen molar-refractivity contribution in [1.82, 2.24) is 0 Å². The van der Waals surface area contributed by atoms with Gasteiger partial charge in [-0.2, -0.15) is 0 Å². The summed E-state index contributed by atoms with van der Waals surface area (Å²) in [5.74, 6) is 0. The lowest BCUT2D eigenvalue weighted by molar-refractivity contribution is 1.42. The maximum absolute atomic E-state index is 6.33. The maximum atomic E-state index is 6.33. The first-order valence-electron chi connectivity index (χ1n) is 1.17. The molecule has 1 heteroatoms. The van der Waals surface area contributed by atoms with Gasteiger partial charge in [0.05, 0.1) is 0 Å². The molecule has 3 radical (unpaired) electrons. The van der Waals surface area contributed by atoms with E-state index >= 15 is 0 Å². The zero-order chi connectivity index (χ0) is 3.41. The van der Waals surface area contributed by atoms with Gasteiger partial charge in [0.15, 0.2) is 0 Å². The second-order valence-corrected chi connectivity index (χ2v) is 0.493. The third-order valence-electron chi connectivity index (χ3n) is 0.144. The van der Waals surface area contributed by atoms with E-state index in [1.54, 1.807) is 6.08 Å². The Morgan fingerprint density at radius 3 is 2.00 bits per heavy atom. The normalized spacial score (nSPS) is 5.00. The van der Waals surface area contributed by atoms with Crippen LogP contribution >= 0.6 is 0 Å². The van der Waals surface area contributed by atoms with Gasteiger partial charge < -0.3 is 0 Å². The average Bonchev–Trinajstić information content (AvgIpc) is 1.37. The topological polar surface area (TPSA) is 0 Å². The number of hydrogen-bond acceptors (Lipinski definition) is 0. The summed E-state index contributed by atoms with van der Waals surface area (Å²) in [6.07, 6.45) is 1.88. The van der Waals surface area contributed by atoms with Gasteiger partial charge in [0.1, 0.15) is 0 Å². The summed E-state index contributed by atoms with van der Waals surface area (Å²) in [4.78, 5) is 0. The molecule has 0 atom stereocenters. The highest BCUT2D eigenvalue weighted by Gasteiger charge is 1.46. The molecule has 0 saturated carbocycles. The predicted octanol–water partition coefficient (Wildman–Crippen LogP) is -0.301. The fourth-order valence-corrected chi connectivity index (χ4v) is 0. The van der Waals surface area contributed by atoms with Crippen molar-refractivity contribution in [3.8, 4) is 0 Å². The average molecular weight is 85.2 g/mol. The Labute approximate surface area is 37.9 Å². The van der Waals surface area contributed by atoms with E-state index in [0.29, 0.717) is 6.42 Å². The van der Waals surface area contributed by atoms with Crippen LogP contribution in [0.2, 0.25) is 0 Å². The van der Waals surface area contributed by atoms with Crippen LogP contribution in [0, 0.1) is 6.92 Å². The molecule has 0 aromatic rings. The van der Waals surface area contributed by atoms with E-state index in [0.717, 1.165) is 0 Å². The van der Waals surface area contributed by atoms with Gasteiger partial charge in [-0.3, -0.25) is 0 Å². The maximum Gasteiger partial charge on any atom is -0.00497 e. The number of hydrogen-bond donors (Lipinski definition) is 0. The smallest absolute Gasteiger partial charge is 0.00497 e. The van der Waals surface area contributed by atoms with E-state index in [4.69, 9.17) is 6.92 Å². The molecule has 0 heterocycles. The molecule has 0 rings (SSSR count). The van der Waals surface area contributed by atoms with E-state index in [2.05, 4.69) is 6.58 Å². The summed E-state index contributed by atoms with van der Waals surface area (Å²) in [5, 5.41) is 0. The molecular weight excluding hydrogens is 76.1 g/mol. The third-order valence-corrected chi connectivity index (χ3v) is 0.144. The van der Waals surface area contributed by atoms with Crippen LogP contribution in [0.4, 0.5) is 0 Å². The van der Waals surface area contributed by atoms with Gasteiger partial charge >= 0.3 is 0 Å². The third kappa shape index (κ3) is 16.5. The van der Waals surface area contributed by atoms with Crippen molar-refractivity contribution >= 4 is 11.0 Å². The quantitative estimate of drug-likeness (QED) is 0.303. The van der Waals surface area contributed by atoms with Gasteiger partial charge in [-0.05, 0) is 24.3 Å². The van der Waals surface area contributed by atoms with Crippen LogP contribution in [0.25, 0.3) is 0 Å². The van der Waals surface area contributed by atoms with Crippen LogP contribution in [0.3, 0.4) is 0 Å². The van der Waals surface area contributed by atoms with Gasteiger partial charge in [0.25, 0.3) is 0 Å². The van der Waals surface area contributed by atoms with E-state index in [9.17, 15) is 0 Å². The van der Waals surface area contributed by atoms with Crippen LogP contribution in [-0.2, 0) is 0 Å². The van der Waals surface area contributed by atoms with Crippen LogP contribution < -0.4 is 0 Å². The highest BCUT2D eigenvalue weighted by atomic mass is 28.1. The lowest BCUT2D eigenvalue weighted by Gasteiger charge is -1.56. The Morgan fingerprint density at radius 1 is 1.80 bits per heavy atom. The zero-order valence-corrected chi connectivity index (χ0v) is 2.49. The molecule has 0 aliphatic heterocycles. The lowest BCUT2D eigenvalue weighted by Crippen LogP contribution is -1.37. The van der Waals surface area contributed by atoms with Gasteiger partial charge in [-0.1, -0.05) is 6.08 Å². The summed E-state index contributed by atoms with van der Waals surface area (Å²) in [6, 6.07) is 0. The zero-order valence-electron chi connectivity index (χ0n) is 2.49. The van der Waals surface area contributed by atoms with Crippen molar-refractivity contribution in [1.29, 1.82) is 0 Å². The SMILES string of the molecule is [C]CC=C.[SiH4]. The summed E-state index contributed by atoms with van der Waals surface area (Å²) in [6.45, 7) is 9.62. The van der Waals surface area contributed by atoms with Crippen molar-refractivity contribution in [3.05, 3.63) is 19.6 Å². The summed E-state index contributed by atoms with van der Waals surface area (Å²) in [5.41, 5.74) is 0. The lowest BCUT2D eigenvalue weighted by atomic mass is 10.5. The standard InChI is InChI=1S/C4H5.H4Si/c1-3-4-2;/h3H,1,4H2;1H4. The first-order valence-corrected chi connectivity index (χ1v) is 1.17. The second kappa shape index (κ2) is 9.03. The molecule has 0 N–H and O–H groups in total. The Hall–Kier alpha value is -0.0431. The monoisotopic (exact) mass is 85.0 g/mol. The van der Waals surface area contributed by atoms with Crippen LogP contribution in [0.15, 0.2) is 12.7 Å². The highest BCUT2D eigenvalue weighted by Crippen LogP contribution is 1.65. The van der Waals surface area contributed by atoms with Crippen molar-refractivity contribution in [3.63, 3.8) is 0 Å². The molecule has 0 aromatic heterocycles. The van der Waals surface area contributed by atoms with Gasteiger partial charge in [-0.15, -0.1) is 6.58 Å². The summed E-state index contributed by atoms with van der Waals surface area (Å²) in [7, 11) is 0. The molecule has 0 nitrogen and oxygen atoms in total. The van der Waals surface area contributed by atoms with Crippen molar-refractivity contribution in [2.45, 2.75) is 6.42 Å². The Kier molecular flexibility index (Phi) is 16.0. The molecule has 5 heavy (non-hydrogen) atoms. The molecule has 0 fully saturated rings. The summed E-state index contributed by atoms with van der Waals surface area (Å²) >= 11 is 0. The first kappa shape index (κ1) is 8.88. The van der Waals surface area contributed by atoms with Gasteiger partial charge in [0, 0.05) is 0 Å². The van der Waals surface area contributed by atoms with Crippen LogP contribution in [0.1, 0.15) is 6.42 Å². The molecule has 0 aliphatic carbocycles. The molecule has 29 valence electrons. The van der Waals surface area contributed by atoms with Crippen LogP contribution in [0.5, 0.6) is 0 Å². The van der Waals surface area contributed by atoms with Gasteiger partial charge in [0.2, 0.25) is 0 Å². The fraction of sp³-hybridized carbons (Fsp3) is 0.250. The molecule has 0 spiro atoms. The molecule has 0 aliphatic rings. The van der Waals surface area contributed by atoms with Gasteiger partial charge in [-0.25, -0.2) is 0 Å². The van der Waals surface area contributed by atoms with E-state index in [1.807, 2.05) is 0 Å². The Bertz CT molecular complexity index is 17.6. The largest absolute Gasteiger partial charge is 0.103 e. The minimum Gasteiger partial charge on any atom is -0.103 e. The molecule has 0 unspecified atom stereocenters. The summed E-state index contributed by atoms with van der Waals surface area (Å²) < 4.78 is 0. The molecule has 0 saturated heterocycles. The number of rotatable bonds is 1. The Balaban J connectivity index is 0. The molecule has 0 bridgehead atoms. The van der Waals surface area contributed by atoms with E-state index < -0.39 is 0 Å². The minimum absolute atomic E-state index is 0. The highest BCUT2D eigenvalue weighted by molar-refractivity contribution is 5.75. The van der Waals surface area contributed by atoms with E-state index in [1.165, 1.54) is 0 Å². The minimum atomic E-state index is 0. The Morgan fingerprint density at radius 2 is 2.00 bits per heavy atom.